The highest BCUT2D eigenvalue weighted by molar-refractivity contribution is 5.97. The molecular weight excluding hydrogens is 503 g/mol. The number of nitrogens with two attached hydrogens (primary N) is 1. The number of amidine groups is 1. The van der Waals surface area contributed by atoms with Crippen LogP contribution in [0.3, 0.4) is 0 Å². The van der Waals surface area contributed by atoms with Crippen molar-refractivity contribution in [2.75, 3.05) is 32.7 Å². The zero-order valence-corrected chi connectivity index (χ0v) is 22.1. The smallest absolute Gasteiger partial charge is 0.269 e. The van der Waals surface area contributed by atoms with Gasteiger partial charge in [-0.15, -0.1) is 0 Å². The third-order valence-corrected chi connectivity index (χ3v) is 5.49. The molecule has 0 saturated carbocycles. The van der Waals surface area contributed by atoms with Gasteiger partial charge in [0.1, 0.15) is 23.4 Å². The van der Waals surface area contributed by atoms with Crippen molar-refractivity contribution in [1.29, 1.82) is 5.41 Å². The molecule has 0 radical (unpaired) electrons. The van der Waals surface area contributed by atoms with E-state index in [0.29, 0.717) is 42.5 Å². The van der Waals surface area contributed by atoms with E-state index >= 15 is 0 Å². The van der Waals surface area contributed by atoms with E-state index in [1.165, 1.54) is 18.2 Å². The molecule has 1 unspecified atom stereocenters. The molecule has 0 heterocycles. The molecule has 3 aromatic carbocycles. The summed E-state index contributed by atoms with van der Waals surface area (Å²) in [4.78, 5) is 27.7. The van der Waals surface area contributed by atoms with Crippen LogP contribution in [0.4, 0.5) is 10.1 Å². The summed E-state index contributed by atoms with van der Waals surface area (Å²) >= 11 is 0. The van der Waals surface area contributed by atoms with Crippen LogP contribution in [0.15, 0.2) is 66.7 Å². The maximum Gasteiger partial charge on any atom is 0.269 e. The largest absolute Gasteiger partial charge is 0.493 e. The Morgan fingerprint density at radius 2 is 1.77 bits per heavy atom. The summed E-state index contributed by atoms with van der Waals surface area (Å²) in [6.45, 7) is 3.01. The van der Waals surface area contributed by atoms with Crippen molar-refractivity contribution < 1.29 is 23.5 Å². The zero-order valence-electron chi connectivity index (χ0n) is 22.1. The van der Waals surface area contributed by atoms with Gasteiger partial charge in [-0.1, -0.05) is 18.2 Å². The molecule has 11 heteroatoms. The molecular formula is C28H33FN6O4. The van der Waals surface area contributed by atoms with Crippen LogP contribution in [-0.4, -0.2) is 50.0 Å². The number of nitrogens with one attached hydrogen (secondary N) is 4. The van der Waals surface area contributed by atoms with Crippen LogP contribution in [0, 0.1) is 11.2 Å². The molecule has 206 valence electrons. The maximum absolute atomic E-state index is 13.5. The van der Waals surface area contributed by atoms with Crippen LogP contribution in [0.1, 0.15) is 40.0 Å². The van der Waals surface area contributed by atoms with Crippen molar-refractivity contribution in [2.45, 2.75) is 19.6 Å². The molecule has 1 atom stereocenters. The third-order valence-electron chi connectivity index (χ3n) is 5.49. The van der Waals surface area contributed by atoms with E-state index in [2.05, 4.69) is 16.2 Å². The molecule has 6 N–H and O–H groups in total. The normalized spacial score (nSPS) is 11.5. The minimum Gasteiger partial charge on any atom is -0.493 e. The van der Waals surface area contributed by atoms with Gasteiger partial charge in [0.05, 0.1) is 19.9 Å². The Hall–Kier alpha value is -4.48. The van der Waals surface area contributed by atoms with Gasteiger partial charge >= 0.3 is 0 Å². The average Bonchev–Trinajstić information content (AvgIpc) is 2.91. The number of nitrogens with zero attached hydrogens (tertiary/aromatic N) is 1. The predicted molar refractivity (Wildman–Crippen MR) is 147 cm³/mol. The third kappa shape index (κ3) is 8.52. The van der Waals surface area contributed by atoms with E-state index in [-0.39, 0.29) is 11.4 Å². The Labute approximate surface area is 226 Å². The zero-order chi connectivity index (χ0) is 28.4. The van der Waals surface area contributed by atoms with Crippen molar-refractivity contribution in [1.82, 2.24) is 15.8 Å². The van der Waals surface area contributed by atoms with Crippen molar-refractivity contribution >= 4 is 23.3 Å². The highest BCUT2D eigenvalue weighted by Crippen LogP contribution is 2.28. The lowest BCUT2D eigenvalue weighted by atomic mass is 10.0. The molecule has 0 spiro atoms. The van der Waals surface area contributed by atoms with E-state index in [4.69, 9.17) is 20.6 Å². The summed E-state index contributed by atoms with van der Waals surface area (Å²) in [5.74, 6) is -1.33. The Morgan fingerprint density at radius 3 is 2.41 bits per heavy atom. The van der Waals surface area contributed by atoms with Gasteiger partial charge in [-0.25, -0.2) is 4.39 Å². The first-order valence-electron chi connectivity index (χ1n) is 12.2. The van der Waals surface area contributed by atoms with Crippen LogP contribution in [0.25, 0.3) is 0 Å². The predicted octanol–water partition coefficient (Wildman–Crippen LogP) is 3.16. The summed E-state index contributed by atoms with van der Waals surface area (Å²) < 4.78 is 25.1. The number of rotatable bonds is 12. The number of anilines is 1. The molecule has 3 aromatic rings. The molecule has 0 aliphatic heterocycles. The highest BCUT2D eigenvalue weighted by Gasteiger charge is 2.23. The second kappa shape index (κ2) is 13.9. The van der Waals surface area contributed by atoms with Gasteiger partial charge in [0, 0.05) is 22.4 Å². The summed E-state index contributed by atoms with van der Waals surface area (Å²) in [6, 6.07) is 16.2. The number of carbonyl (C=O) groups excluding carboxylic acids is 2. The fraction of sp³-hybridized carbons (Fsp3) is 0.250. The number of hydrogen-bond donors (Lipinski definition) is 5. The molecule has 0 aliphatic carbocycles. The van der Waals surface area contributed by atoms with E-state index in [0.717, 1.165) is 11.6 Å². The number of hydrazine groups is 1. The number of carbonyl (C=O) groups is 2. The van der Waals surface area contributed by atoms with Crippen LogP contribution < -0.4 is 26.6 Å². The second-order valence-electron chi connectivity index (χ2n) is 8.88. The molecule has 0 fully saturated rings. The molecule has 10 nitrogen and oxygen atoms in total. The number of nitrogen functional groups attached to an aromatic ring is 1. The maximum atomic E-state index is 13.5. The van der Waals surface area contributed by atoms with E-state index in [1.807, 2.05) is 32.0 Å². The lowest BCUT2D eigenvalue weighted by Gasteiger charge is -2.22. The van der Waals surface area contributed by atoms with Gasteiger partial charge in [-0.3, -0.25) is 30.7 Å². The van der Waals surface area contributed by atoms with E-state index < -0.39 is 23.7 Å². The first-order chi connectivity index (χ1) is 18.7. The van der Waals surface area contributed by atoms with Gasteiger partial charge in [-0.2, -0.15) is 0 Å². The summed E-state index contributed by atoms with van der Waals surface area (Å²) in [6.07, 6.45) is 0. The number of benzene rings is 3. The Balaban J connectivity index is 1.86. The Morgan fingerprint density at radius 1 is 1.03 bits per heavy atom. The van der Waals surface area contributed by atoms with Gasteiger partial charge in [0.15, 0.2) is 0 Å². The number of ether oxygens (including phenoxy) is 2. The minimum atomic E-state index is -0.961. The van der Waals surface area contributed by atoms with E-state index in [9.17, 15) is 14.0 Å². The lowest BCUT2D eigenvalue weighted by Crippen LogP contribution is -2.45. The summed E-state index contributed by atoms with van der Waals surface area (Å²) in [5.41, 5.74) is 12.8. The van der Waals surface area contributed by atoms with Crippen LogP contribution >= 0.6 is 0 Å². The lowest BCUT2D eigenvalue weighted by molar-refractivity contribution is -0.122. The van der Waals surface area contributed by atoms with Gasteiger partial charge in [0.25, 0.3) is 11.8 Å². The highest BCUT2D eigenvalue weighted by atomic mass is 19.1. The van der Waals surface area contributed by atoms with Crippen molar-refractivity contribution in [2.24, 2.45) is 5.73 Å². The first kappa shape index (κ1) is 29.1. The van der Waals surface area contributed by atoms with Crippen LogP contribution in [0.5, 0.6) is 5.75 Å². The molecule has 3 rings (SSSR count). The van der Waals surface area contributed by atoms with Gasteiger partial charge < -0.3 is 20.5 Å². The first-order valence-corrected chi connectivity index (χ1v) is 12.2. The number of amides is 2. The molecule has 39 heavy (non-hydrogen) atoms. The van der Waals surface area contributed by atoms with Crippen LogP contribution in [-0.2, 0) is 16.1 Å². The molecule has 2 amide bonds. The van der Waals surface area contributed by atoms with E-state index in [1.54, 1.807) is 36.4 Å². The quantitative estimate of drug-likeness (QED) is 0.104. The van der Waals surface area contributed by atoms with Crippen LogP contribution in [0.2, 0.25) is 0 Å². The fourth-order valence-corrected chi connectivity index (χ4v) is 3.60. The molecule has 0 aromatic heterocycles. The summed E-state index contributed by atoms with van der Waals surface area (Å²) in [5, 5.41) is 10.7. The van der Waals surface area contributed by atoms with Crippen molar-refractivity contribution in [3.05, 3.63) is 94.8 Å². The van der Waals surface area contributed by atoms with Gasteiger partial charge in [0.2, 0.25) is 0 Å². The Kier molecular flexibility index (Phi) is 10.4. The molecule has 0 saturated heterocycles. The summed E-state index contributed by atoms with van der Waals surface area (Å²) in [7, 11) is 3.80. The standard InChI is InChI=1S/C28H33FN6O4/c1-4-39-24-15-19(8-9-21(24)16-38-17-35(2)3)25(32-23-12-10-18(11-13-23)26(30)31)28(37)34-33-27(36)20-6-5-7-22(29)14-20/h5-15,25,32H,4,16-17H2,1-3H3,(H3,30,31)(H,33,36)(H,34,37). The minimum absolute atomic E-state index is 0.0559. The average molecular weight is 537 g/mol. The Bertz CT molecular complexity index is 1300. The molecule has 0 bridgehead atoms. The van der Waals surface area contributed by atoms with Gasteiger partial charge in [-0.05, 0) is 75.1 Å². The SMILES string of the molecule is CCOc1cc(C(Nc2ccc(C(=N)N)cc2)C(=O)NNC(=O)c2cccc(F)c2)ccc1COCN(C)C. The fourth-order valence-electron chi connectivity index (χ4n) is 3.60. The second-order valence-corrected chi connectivity index (χ2v) is 8.88. The van der Waals surface area contributed by atoms with Crippen molar-refractivity contribution in [3.8, 4) is 5.75 Å². The molecule has 0 aliphatic rings. The number of hydrogen-bond acceptors (Lipinski definition) is 7. The van der Waals surface area contributed by atoms with Crippen molar-refractivity contribution in [3.63, 3.8) is 0 Å². The monoisotopic (exact) mass is 536 g/mol. The topological polar surface area (TPSA) is 142 Å². The number of halogens is 1.